The lowest BCUT2D eigenvalue weighted by molar-refractivity contribution is -0.213. The van der Waals surface area contributed by atoms with E-state index in [0.717, 1.165) is 83.5 Å². The van der Waals surface area contributed by atoms with Crippen molar-refractivity contribution in [1.82, 2.24) is 0 Å². The monoisotopic (exact) mass is 1020 g/mol. The zero-order valence-corrected chi connectivity index (χ0v) is 42.4. The van der Waals surface area contributed by atoms with Crippen molar-refractivity contribution >= 4 is 35.4 Å². The van der Waals surface area contributed by atoms with E-state index in [1.807, 2.05) is 0 Å². The molecule has 1 saturated carbocycles. The first kappa shape index (κ1) is 63.4. The van der Waals surface area contributed by atoms with Crippen LogP contribution in [0.15, 0.2) is 36.5 Å². The molecule has 0 radical (unpaired) electrons. The Morgan fingerprint density at radius 1 is 0.493 bits per heavy atom. The molecule has 0 aliphatic heterocycles. The van der Waals surface area contributed by atoms with E-state index < -0.39 is 91.3 Å². The van der Waals surface area contributed by atoms with E-state index in [1.54, 1.807) is 0 Å². The second-order valence-electron chi connectivity index (χ2n) is 17.0. The van der Waals surface area contributed by atoms with Gasteiger partial charge in [-0.15, -0.1) is 0 Å². The molecule has 0 heterocycles. The third kappa shape index (κ3) is 33.6. The molecular formula is C45H83O19P3. The third-order valence-electron chi connectivity index (χ3n) is 11.0. The average molecular weight is 1020 g/mol. The number of carbonyl (C=O) groups is 2. The van der Waals surface area contributed by atoms with Crippen LogP contribution in [-0.2, 0) is 50.9 Å². The fraction of sp³-hybridized carbons (Fsp3) is 0.822. The lowest BCUT2D eigenvalue weighted by Gasteiger charge is -2.44. The van der Waals surface area contributed by atoms with Gasteiger partial charge in [-0.2, -0.15) is 0 Å². The summed E-state index contributed by atoms with van der Waals surface area (Å²) in [6, 6.07) is 0. The highest BCUT2D eigenvalue weighted by Gasteiger charge is 2.56. The summed E-state index contributed by atoms with van der Waals surface area (Å²) in [5.41, 5.74) is 0. The van der Waals surface area contributed by atoms with E-state index in [-0.39, 0.29) is 12.8 Å². The number of hydrogen-bond donors (Lipinski definition) is 8. The molecule has 8 atom stereocenters. The lowest BCUT2D eigenvalue weighted by atomic mass is 9.85. The summed E-state index contributed by atoms with van der Waals surface area (Å²) in [6.07, 6.45) is 21.6. The summed E-state index contributed by atoms with van der Waals surface area (Å²) in [5, 5.41) is 31.9. The van der Waals surface area contributed by atoms with Crippen molar-refractivity contribution in [2.45, 2.75) is 224 Å². The first-order valence-electron chi connectivity index (χ1n) is 24.3. The molecule has 1 aliphatic carbocycles. The summed E-state index contributed by atoms with van der Waals surface area (Å²) in [7, 11) is -16.6. The van der Waals surface area contributed by atoms with Gasteiger partial charge in [0.1, 0.15) is 43.2 Å². The fourth-order valence-electron chi connectivity index (χ4n) is 7.36. The second kappa shape index (κ2) is 37.2. The molecule has 0 amide bonds. The molecule has 67 heavy (non-hydrogen) atoms. The molecule has 19 nitrogen and oxygen atoms in total. The van der Waals surface area contributed by atoms with Crippen LogP contribution in [0.1, 0.15) is 181 Å². The Kier molecular flexibility index (Phi) is 35.2. The third-order valence-corrected chi connectivity index (χ3v) is 13.0. The SMILES string of the molecule is CC/C=C\C/C=C\C/C=C\CCCCCCCC(=O)OC[C@H](COP(=O)(O)O[C@H]1C(O)C(O)C(OP(=O)(O)O)[C@@H](OP(=O)(O)O)C1O)OC(=O)CCCCCCCCCCCCCCCCC. The molecule has 0 aromatic carbocycles. The minimum atomic E-state index is -5.60. The van der Waals surface area contributed by atoms with Gasteiger partial charge in [-0.05, 0) is 44.9 Å². The van der Waals surface area contributed by atoms with Gasteiger partial charge >= 0.3 is 35.4 Å². The van der Waals surface area contributed by atoms with Gasteiger partial charge in [0, 0.05) is 12.8 Å². The van der Waals surface area contributed by atoms with Gasteiger partial charge in [-0.1, -0.05) is 159 Å². The van der Waals surface area contributed by atoms with Crippen LogP contribution in [0, 0.1) is 0 Å². The maximum atomic E-state index is 13.1. The molecule has 1 aliphatic rings. The van der Waals surface area contributed by atoms with Crippen molar-refractivity contribution in [1.29, 1.82) is 0 Å². The Morgan fingerprint density at radius 3 is 1.40 bits per heavy atom. The topological polar surface area (TPSA) is 303 Å². The van der Waals surface area contributed by atoms with E-state index >= 15 is 0 Å². The zero-order chi connectivity index (χ0) is 50.0. The lowest BCUT2D eigenvalue weighted by Crippen LogP contribution is -2.65. The van der Waals surface area contributed by atoms with Crippen molar-refractivity contribution in [3.8, 4) is 0 Å². The fourth-order valence-corrected chi connectivity index (χ4v) is 9.46. The van der Waals surface area contributed by atoms with Gasteiger partial charge < -0.3 is 49.3 Å². The van der Waals surface area contributed by atoms with E-state index in [1.165, 1.54) is 57.8 Å². The van der Waals surface area contributed by atoms with Crippen molar-refractivity contribution in [3.63, 3.8) is 0 Å². The van der Waals surface area contributed by atoms with E-state index in [4.69, 9.17) is 18.5 Å². The number of ether oxygens (including phenoxy) is 2. The van der Waals surface area contributed by atoms with Crippen molar-refractivity contribution in [2.24, 2.45) is 0 Å². The quantitative estimate of drug-likeness (QED) is 0.0123. The normalized spacial score (nSPS) is 21.9. The summed E-state index contributed by atoms with van der Waals surface area (Å²) in [4.78, 5) is 73.2. The van der Waals surface area contributed by atoms with Gasteiger partial charge in [0.15, 0.2) is 6.10 Å². The standard InChI is InChI=1S/C45H83O19P3/c1-3-5-7-9-11-13-15-17-19-21-23-25-27-29-31-33-38(46)59-35-37(61-39(47)34-32-30-28-26-24-22-20-18-16-14-12-10-8-6-4-2)36-60-67(57,58)64-43-40(48)41(49)44(62-65(51,52)53)45(42(43)50)63-66(54,55)56/h5,7,11,13,17,19,37,40-45,48-50H,3-4,6,8-10,12,14-16,18,20-36H2,1-2H3,(H,57,58)(H2,51,52,53)(H2,54,55,56)/b7-5-,13-11-,19-17-/t37-,40?,41?,42?,43+,44?,45+/m1/s1. The van der Waals surface area contributed by atoms with Crippen LogP contribution in [0.5, 0.6) is 0 Å². The Balaban J connectivity index is 2.73. The van der Waals surface area contributed by atoms with E-state index in [0.29, 0.717) is 12.8 Å². The molecule has 392 valence electrons. The maximum absolute atomic E-state index is 13.1. The van der Waals surface area contributed by atoms with Gasteiger partial charge in [0.2, 0.25) is 0 Å². The van der Waals surface area contributed by atoms with E-state index in [2.05, 4.69) is 59.4 Å². The molecule has 0 aromatic rings. The predicted molar refractivity (Wildman–Crippen MR) is 252 cm³/mol. The number of aliphatic hydroxyl groups is 3. The molecule has 0 bridgehead atoms. The number of carbonyl (C=O) groups excluding carboxylic acids is 2. The van der Waals surface area contributed by atoms with Crippen molar-refractivity contribution < 1.29 is 90.6 Å². The zero-order valence-electron chi connectivity index (χ0n) is 39.7. The Hall–Kier alpha value is -1.63. The van der Waals surface area contributed by atoms with Crippen LogP contribution in [0.3, 0.4) is 0 Å². The van der Waals surface area contributed by atoms with Crippen LogP contribution in [0.25, 0.3) is 0 Å². The number of phosphoric acid groups is 3. The molecule has 0 aromatic heterocycles. The Morgan fingerprint density at radius 2 is 0.910 bits per heavy atom. The average Bonchev–Trinajstić information content (AvgIpc) is 3.25. The first-order chi connectivity index (χ1) is 31.8. The first-order valence-corrected chi connectivity index (χ1v) is 28.8. The summed E-state index contributed by atoms with van der Waals surface area (Å²) < 4.78 is 65.5. The van der Waals surface area contributed by atoms with Gasteiger partial charge in [-0.25, -0.2) is 13.7 Å². The second-order valence-corrected chi connectivity index (χ2v) is 20.8. The van der Waals surface area contributed by atoms with Gasteiger partial charge in [0.25, 0.3) is 0 Å². The molecule has 0 spiro atoms. The number of unbranched alkanes of at least 4 members (excludes halogenated alkanes) is 19. The highest BCUT2D eigenvalue weighted by Crippen LogP contribution is 2.51. The Labute approximate surface area is 398 Å². The van der Waals surface area contributed by atoms with Crippen LogP contribution < -0.4 is 0 Å². The van der Waals surface area contributed by atoms with Crippen molar-refractivity contribution in [2.75, 3.05) is 13.2 Å². The van der Waals surface area contributed by atoms with Crippen LogP contribution in [-0.4, -0.2) is 108 Å². The minimum Gasteiger partial charge on any atom is -0.462 e. The molecule has 5 unspecified atom stereocenters. The molecule has 1 rings (SSSR count). The Bertz CT molecular complexity index is 1550. The summed E-state index contributed by atoms with van der Waals surface area (Å²) in [6.45, 7) is 2.83. The minimum absolute atomic E-state index is 0.00305. The number of esters is 2. The molecule has 1 fully saturated rings. The summed E-state index contributed by atoms with van der Waals surface area (Å²) in [5.74, 6) is -1.31. The molecular weight excluding hydrogens is 937 g/mol. The predicted octanol–water partition coefficient (Wildman–Crippen LogP) is 8.85. The highest BCUT2D eigenvalue weighted by molar-refractivity contribution is 7.47. The largest absolute Gasteiger partial charge is 0.472 e. The van der Waals surface area contributed by atoms with E-state index in [9.17, 15) is 63.1 Å². The smallest absolute Gasteiger partial charge is 0.462 e. The number of allylic oxidation sites excluding steroid dienone is 6. The van der Waals surface area contributed by atoms with Gasteiger partial charge in [-0.3, -0.25) is 27.7 Å². The number of hydrogen-bond acceptors (Lipinski definition) is 14. The summed E-state index contributed by atoms with van der Waals surface area (Å²) >= 11 is 0. The number of rotatable bonds is 41. The maximum Gasteiger partial charge on any atom is 0.472 e. The van der Waals surface area contributed by atoms with Crippen LogP contribution in [0.2, 0.25) is 0 Å². The number of phosphoric ester groups is 3. The van der Waals surface area contributed by atoms with Crippen LogP contribution >= 0.6 is 23.5 Å². The van der Waals surface area contributed by atoms with Gasteiger partial charge in [0.05, 0.1) is 6.61 Å². The molecule has 0 saturated heterocycles. The van der Waals surface area contributed by atoms with Crippen molar-refractivity contribution in [3.05, 3.63) is 36.5 Å². The highest BCUT2D eigenvalue weighted by atomic mass is 31.2. The van der Waals surface area contributed by atoms with Crippen LogP contribution in [0.4, 0.5) is 0 Å². The molecule has 8 N–H and O–H groups in total. The number of aliphatic hydroxyl groups excluding tert-OH is 3. The molecule has 22 heteroatoms.